The lowest BCUT2D eigenvalue weighted by Gasteiger charge is -2.33. The molecule has 0 radical (unpaired) electrons. The number of hydrogen-bond acceptors (Lipinski definition) is 7. The lowest BCUT2D eigenvalue weighted by atomic mass is 10.2. The van der Waals surface area contributed by atoms with E-state index in [-0.39, 0.29) is 10.7 Å². The summed E-state index contributed by atoms with van der Waals surface area (Å²) in [4.78, 5) is 15.1. The summed E-state index contributed by atoms with van der Waals surface area (Å²) in [6, 6.07) is 8.24. The second kappa shape index (κ2) is 8.39. The van der Waals surface area contributed by atoms with Gasteiger partial charge in [0.25, 0.3) is 0 Å². The minimum absolute atomic E-state index is 0.0706. The van der Waals surface area contributed by atoms with Crippen molar-refractivity contribution in [2.45, 2.75) is 4.90 Å². The third-order valence-corrected chi connectivity index (χ3v) is 7.29. The number of thiophene rings is 1. The van der Waals surface area contributed by atoms with Crippen LogP contribution in [0.2, 0.25) is 0 Å². The molecule has 0 unspecified atom stereocenters. The Balaban J connectivity index is 1.65. The predicted octanol–water partition coefficient (Wildman–Crippen LogP) is 1.95. The van der Waals surface area contributed by atoms with E-state index in [0.717, 1.165) is 4.88 Å². The summed E-state index contributed by atoms with van der Waals surface area (Å²) in [5.74, 6) is 0.924. The zero-order valence-corrected chi connectivity index (χ0v) is 16.9. The first kappa shape index (κ1) is 19.8. The molecule has 0 N–H and O–H groups in total. The smallest absolute Gasteiger partial charge is 0.243 e. The molecule has 0 amide bonds. The molecule has 1 saturated heterocycles. The Bertz CT molecular complexity index is 888. The maximum absolute atomic E-state index is 12.9. The molecule has 1 aliphatic heterocycles. The Hall–Kier alpha value is -1.94. The van der Waals surface area contributed by atoms with Crippen LogP contribution in [0.3, 0.4) is 0 Å². The average Bonchev–Trinajstić information content (AvgIpc) is 3.22. The van der Waals surface area contributed by atoms with Crippen LogP contribution in [0.4, 0.5) is 0 Å². The molecule has 146 valence electrons. The van der Waals surface area contributed by atoms with E-state index in [2.05, 4.69) is 0 Å². The molecule has 1 fully saturated rings. The molecule has 7 nitrogen and oxygen atoms in total. The SMILES string of the molecule is COc1ccc(S(=O)(=O)N2CCN(CC(=O)c3cccs3)CC2)cc1OC. The number of sulfonamides is 1. The lowest BCUT2D eigenvalue weighted by molar-refractivity contribution is 0.0905. The highest BCUT2D eigenvalue weighted by atomic mass is 32.2. The molecule has 1 aromatic carbocycles. The van der Waals surface area contributed by atoms with E-state index < -0.39 is 10.0 Å². The Labute approximate surface area is 163 Å². The molecule has 9 heteroatoms. The molecule has 2 heterocycles. The molecule has 0 bridgehead atoms. The van der Waals surface area contributed by atoms with Gasteiger partial charge < -0.3 is 9.47 Å². The Kier molecular flexibility index (Phi) is 6.15. The summed E-state index contributed by atoms with van der Waals surface area (Å²) in [7, 11) is -0.654. The number of ether oxygens (including phenoxy) is 2. The monoisotopic (exact) mass is 410 g/mol. The van der Waals surface area contributed by atoms with Crippen molar-refractivity contribution in [3.05, 3.63) is 40.6 Å². The van der Waals surface area contributed by atoms with Gasteiger partial charge in [0, 0.05) is 32.2 Å². The van der Waals surface area contributed by atoms with E-state index in [1.54, 1.807) is 6.07 Å². The van der Waals surface area contributed by atoms with Crippen LogP contribution in [0, 0.1) is 0 Å². The molecule has 3 rings (SSSR count). The summed E-state index contributed by atoms with van der Waals surface area (Å²) in [5, 5.41) is 1.88. The lowest BCUT2D eigenvalue weighted by Crippen LogP contribution is -2.49. The minimum atomic E-state index is -3.63. The van der Waals surface area contributed by atoms with Crippen LogP contribution in [0.15, 0.2) is 40.6 Å². The summed E-state index contributed by atoms with van der Waals surface area (Å²) in [5.41, 5.74) is 0. The number of rotatable bonds is 7. The fraction of sp³-hybridized carbons (Fsp3) is 0.389. The number of nitrogens with zero attached hydrogens (tertiary/aromatic N) is 2. The number of methoxy groups -OCH3 is 2. The number of ketones is 1. The summed E-state index contributed by atoms with van der Waals surface area (Å²) in [6.07, 6.45) is 0. The standard InChI is InChI=1S/C18H22N2O5S2/c1-24-16-6-5-14(12-17(16)25-2)27(22,23)20-9-7-19(8-10-20)13-15(21)18-4-3-11-26-18/h3-6,11-12H,7-10,13H2,1-2H3. The normalized spacial score (nSPS) is 16.2. The van der Waals surface area contributed by atoms with Gasteiger partial charge in [0.2, 0.25) is 10.0 Å². The fourth-order valence-electron chi connectivity index (χ4n) is 2.97. The van der Waals surface area contributed by atoms with E-state index in [1.165, 1.54) is 42.0 Å². The van der Waals surface area contributed by atoms with Gasteiger partial charge in [-0.2, -0.15) is 4.31 Å². The van der Waals surface area contributed by atoms with Gasteiger partial charge >= 0.3 is 0 Å². The molecular weight excluding hydrogens is 388 g/mol. The van der Waals surface area contributed by atoms with Crippen LogP contribution in [-0.4, -0.2) is 70.3 Å². The Morgan fingerprint density at radius 3 is 2.37 bits per heavy atom. The van der Waals surface area contributed by atoms with Gasteiger partial charge in [-0.05, 0) is 23.6 Å². The number of hydrogen-bond donors (Lipinski definition) is 0. The highest BCUT2D eigenvalue weighted by Gasteiger charge is 2.30. The third-order valence-electron chi connectivity index (χ3n) is 4.49. The van der Waals surface area contributed by atoms with Gasteiger partial charge in [-0.3, -0.25) is 9.69 Å². The van der Waals surface area contributed by atoms with Gasteiger partial charge in [-0.1, -0.05) is 6.07 Å². The van der Waals surface area contributed by atoms with Crippen LogP contribution in [0.1, 0.15) is 9.67 Å². The summed E-state index contributed by atoms with van der Waals surface area (Å²) < 4.78 is 37.6. The maximum Gasteiger partial charge on any atom is 0.243 e. The topological polar surface area (TPSA) is 76.2 Å². The Morgan fingerprint density at radius 2 is 1.78 bits per heavy atom. The molecule has 0 saturated carbocycles. The van der Waals surface area contributed by atoms with Gasteiger partial charge in [-0.15, -0.1) is 11.3 Å². The largest absolute Gasteiger partial charge is 0.493 e. The van der Waals surface area contributed by atoms with E-state index in [4.69, 9.17) is 9.47 Å². The molecule has 0 atom stereocenters. The van der Waals surface area contributed by atoms with Gasteiger partial charge in [-0.25, -0.2) is 8.42 Å². The van der Waals surface area contributed by atoms with Gasteiger partial charge in [0.15, 0.2) is 17.3 Å². The molecule has 1 aliphatic rings. The average molecular weight is 411 g/mol. The van der Waals surface area contributed by atoms with E-state index in [9.17, 15) is 13.2 Å². The van der Waals surface area contributed by atoms with Crippen molar-refractivity contribution in [3.8, 4) is 11.5 Å². The van der Waals surface area contributed by atoms with Crippen molar-refractivity contribution in [3.63, 3.8) is 0 Å². The molecule has 0 aliphatic carbocycles. The number of Topliss-reactive ketones (excluding diaryl/α,β-unsaturated/α-hetero) is 1. The third kappa shape index (κ3) is 4.32. The number of benzene rings is 1. The van der Waals surface area contributed by atoms with E-state index in [0.29, 0.717) is 44.2 Å². The summed E-state index contributed by atoms with van der Waals surface area (Å²) >= 11 is 1.42. The highest BCUT2D eigenvalue weighted by Crippen LogP contribution is 2.30. The highest BCUT2D eigenvalue weighted by molar-refractivity contribution is 7.89. The van der Waals surface area contributed by atoms with Crippen LogP contribution in [0.25, 0.3) is 0 Å². The van der Waals surface area contributed by atoms with E-state index in [1.807, 2.05) is 22.4 Å². The Morgan fingerprint density at radius 1 is 1.07 bits per heavy atom. The van der Waals surface area contributed by atoms with Crippen molar-refractivity contribution in [2.75, 3.05) is 46.9 Å². The van der Waals surface area contributed by atoms with Gasteiger partial charge in [0.05, 0.1) is 30.5 Å². The predicted molar refractivity (Wildman–Crippen MR) is 103 cm³/mol. The van der Waals surface area contributed by atoms with Crippen LogP contribution in [-0.2, 0) is 10.0 Å². The zero-order chi connectivity index (χ0) is 19.4. The number of piperazine rings is 1. The number of carbonyl (C=O) groups is 1. The van der Waals surface area contributed by atoms with Crippen LogP contribution >= 0.6 is 11.3 Å². The minimum Gasteiger partial charge on any atom is -0.493 e. The number of carbonyl (C=O) groups excluding carboxylic acids is 1. The second-order valence-corrected chi connectivity index (χ2v) is 8.98. The quantitative estimate of drug-likeness (QED) is 0.650. The molecule has 0 spiro atoms. The van der Waals surface area contributed by atoms with Gasteiger partial charge in [0.1, 0.15) is 0 Å². The summed E-state index contributed by atoms with van der Waals surface area (Å²) in [6.45, 7) is 2.03. The first-order valence-corrected chi connectivity index (χ1v) is 10.8. The zero-order valence-electron chi connectivity index (χ0n) is 15.3. The van der Waals surface area contributed by atoms with Crippen molar-refractivity contribution in [1.82, 2.24) is 9.21 Å². The van der Waals surface area contributed by atoms with Crippen LogP contribution in [0.5, 0.6) is 11.5 Å². The van der Waals surface area contributed by atoms with Crippen molar-refractivity contribution >= 4 is 27.1 Å². The van der Waals surface area contributed by atoms with Crippen molar-refractivity contribution < 1.29 is 22.7 Å². The van der Waals surface area contributed by atoms with Crippen LogP contribution < -0.4 is 9.47 Å². The molecule has 27 heavy (non-hydrogen) atoms. The fourth-order valence-corrected chi connectivity index (χ4v) is 5.07. The second-order valence-electron chi connectivity index (χ2n) is 6.10. The first-order chi connectivity index (χ1) is 13.0. The maximum atomic E-state index is 12.9. The van der Waals surface area contributed by atoms with Crippen molar-refractivity contribution in [2.24, 2.45) is 0 Å². The van der Waals surface area contributed by atoms with E-state index >= 15 is 0 Å². The first-order valence-electron chi connectivity index (χ1n) is 8.47. The van der Waals surface area contributed by atoms with Crippen molar-refractivity contribution in [1.29, 1.82) is 0 Å². The molecule has 2 aromatic rings. The molecular formula is C18H22N2O5S2. The molecule has 1 aromatic heterocycles.